The zero-order valence-corrected chi connectivity index (χ0v) is 12.6. The molecule has 0 radical (unpaired) electrons. The largest absolute Gasteiger partial charge is 0.342 e. The maximum atomic E-state index is 12.7. The van der Waals surface area contributed by atoms with Gasteiger partial charge in [0.05, 0.1) is 5.69 Å². The monoisotopic (exact) mass is 288 g/mol. The Kier molecular flexibility index (Phi) is 3.06. The maximum Gasteiger partial charge on any atom is 0.226 e. The molecule has 114 valence electrons. The fourth-order valence-corrected chi connectivity index (χ4v) is 4.40. The van der Waals surface area contributed by atoms with Crippen molar-refractivity contribution in [3.8, 4) is 0 Å². The molecule has 1 aliphatic heterocycles. The van der Waals surface area contributed by atoms with E-state index in [0.29, 0.717) is 23.7 Å². The van der Waals surface area contributed by atoms with Gasteiger partial charge in [-0.15, -0.1) is 0 Å². The third-order valence-corrected chi connectivity index (χ3v) is 5.76. The Labute approximate surface area is 125 Å². The molecule has 2 saturated carbocycles. The van der Waals surface area contributed by atoms with Crippen LogP contribution in [-0.2, 0) is 11.8 Å². The van der Waals surface area contributed by atoms with Gasteiger partial charge >= 0.3 is 0 Å². The smallest absolute Gasteiger partial charge is 0.226 e. The Balaban J connectivity index is 1.36. The third-order valence-electron chi connectivity index (χ3n) is 5.76. The minimum absolute atomic E-state index is 0.219. The number of hydrogen-bond donors (Lipinski definition) is 1. The fourth-order valence-electron chi connectivity index (χ4n) is 4.40. The summed E-state index contributed by atoms with van der Waals surface area (Å²) in [5.41, 5.74) is 7.27. The molecule has 21 heavy (non-hydrogen) atoms. The molecule has 5 nitrogen and oxygen atoms in total. The van der Waals surface area contributed by atoms with Gasteiger partial charge in [0.25, 0.3) is 0 Å². The number of nitrogens with two attached hydrogens (primary N) is 1. The van der Waals surface area contributed by atoms with E-state index in [0.717, 1.165) is 32.4 Å². The number of hydrogen-bond acceptors (Lipinski definition) is 3. The molecule has 4 atom stereocenters. The average Bonchev–Trinajstić information content (AvgIpc) is 3.07. The van der Waals surface area contributed by atoms with Crippen LogP contribution in [0.2, 0.25) is 0 Å². The first-order valence-corrected chi connectivity index (χ1v) is 8.17. The number of rotatable bonds is 2. The van der Waals surface area contributed by atoms with Crippen LogP contribution >= 0.6 is 0 Å². The summed E-state index contributed by atoms with van der Waals surface area (Å²) in [5.74, 6) is 2.34. The van der Waals surface area contributed by atoms with E-state index in [9.17, 15) is 4.79 Å². The normalized spacial score (nSPS) is 35.8. The van der Waals surface area contributed by atoms with Crippen molar-refractivity contribution in [1.29, 1.82) is 0 Å². The minimum Gasteiger partial charge on any atom is -0.342 e. The third kappa shape index (κ3) is 2.27. The van der Waals surface area contributed by atoms with Crippen LogP contribution in [0.5, 0.6) is 0 Å². The van der Waals surface area contributed by atoms with Crippen molar-refractivity contribution in [3.63, 3.8) is 0 Å². The Bertz CT molecular complexity index is 546. The molecule has 1 saturated heterocycles. The molecule has 1 aromatic heterocycles. The van der Waals surface area contributed by atoms with Crippen molar-refractivity contribution in [2.75, 3.05) is 13.1 Å². The molecule has 2 N–H and O–H groups in total. The number of fused-ring (bicyclic) bond motifs is 1. The topological polar surface area (TPSA) is 64.2 Å². The Morgan fingerprint density at radius 1 is 1.29 bits per heavy atom. The maximum absolute atomic E-state index is 12.7. The molecule has 4 rings (SSSR count). The van der Waals surface area contributed by atoms with E-state index >= 15 is 0 Å². The van der Waals surface area contributed by atoms with Crippen LogP contribution in [0.25, 0.3) is 0 Å². The highest BCUT2D eigenvalue weighted by Gasteiger charge is 2.56. The highest BCUT2D eigenvalue weighted by molar-refractivity contribution is 5.80. The number of piperidine rings is 1. The zero-order valence-electron chi connectivity index (χ0n) is 12.6. The van der Waals surface area contributed by atoms with Crippen LogP contribution < -0.4 is 5.73 Å². The summed E-state index contributed by atoms with van der Waals surface area (Å²) < 4.78 is 1.86. The number of carbonyl (C=O) groups excluding carboxylic acids is 1. The van der Waals surface area contributed by atoms with E-state index in [4.69, 9.17) is 5.73 Å². The molecule has 3 aliphatic rings. The van der Waals surface area contributed by atoms with Gasteiger partial charge in [-0.3, -0.25) is 9.48 Å². The van der Waals surface area contributed by atoms with E-state index in [1.54, 1.807) is 0 Å². The summed E-state index contributed by atoms with van der Waals surface area (Å²) in [7, 11) is 1.96. The molecule has 3 fully saturated rings. The van der Waals surface area contributed by atoms with Crippen LogP contribution in [0, 0.1) is 17.8 Å². The standard InChI is InChI=1S/C16H24N4O/c1-19-5-4-15(18-19)10-2-6-20(7-3-10)16(21)13-9-14(17)12-8-11(12)13/h4-5,10-14H,2-3,6-9,17H2,1H3/t11-,12+,13-,14+/m1/s1. The van der Waals surface area contributed by atoms with Crippen LogP contribution in [0.15, 0.2) is 12.3 Å². The first kappa shape index (κ1) is 13.3. The van der Waals surface area contributed by atoms with Gasteiger partial charge in [0, 0.05) is 44.2 Å². The molecule has 0 aromatic carbocycles. The molecule has 1 aromatic rings. The first-order valence-electron chi connectivity index (χ1n) is 8.17. The van der Waals surface area contributed by atoms with Crippen molar-refractivity contribution < 1.29 is 4.79 Å². The second-order valence-electron chi connectivity index (χ2n) is 7.08. The van der Waals surface area contributed by atoms with Gasteiger partial charge in [0.2, 0.25) is 5.91 Å². The van der Waals surface area contributed by atoms with Crippen molar-refractivity contribution in [2.24, 2.45) is 30.5 Å². The fraction of sp³-hybridized carbons (Fsp3) is 0.750. The molecule has 0 unspecified atom stereocenters. The van der Waals surface area contributed by atoms with Crippen molar-refractivity contribution in [3.05, 3.63) is 18.0 Å². The summed E-state index contributed by atoms with van der Waals surface area (Å²) in [6.07, 6.45) is 6.17. The molecule has 2 heterocycles. The predicted octanol–water partition coefficient (Wildman–Crippen LogP) is 1.11. The van der Waals surface area contributed by atoms with Gasteiger partial charge in [-0.1, -0.05) is 0 Å². The zero-order chi connectivity index (χ0) is 14.6. The number of carbonyl (C=O) groups is 1. The second kappa shape index (κ2) is 4.83. The molecular formula is C16H24N4O. The molecule has 5 heteroatoms. The Morgan fingerprint density at radius 2 is 2.05 bits per heavy atom. The SMILES string of the molecule is Cn1ccc(C2CCN(C(=O)[C@@H]3C[C@H](N)[C@H]4C[C@H]43)CC2)n1. The van der Waals surface area contributed by atoms with Gasteiger partial charge in [0.15, 0.2) is 0 Å². The second-order valence-corrected chi connectivity index (χ2v) is 7.08. The van der Waals surface area contributed by atoms with Gasteiger partial charge in [-0.2, -0.15) is 5.10 Å². The molecule has 2 aliphatic carbocycles. The van der Waals surface area contributed by atoms with Crippen LogP contribution in [-0.4, -0.2) is 39.7 Å². The summed E-state index contributed by atoms with van der Waals surface area (Å²) in [4.78, 5) is 14.8. The highest BCUT2D eigenvalue weighted by Crippen LogP contribution is 2.55. The van der Waals surface area contributed by atoms with Gasteiger partial charge in [-0.25, -0.2) is 0 Å². The number of aromatic nitrogens is 2. The molecule has 0 spiro atoms. The van der Waals surface area contributed by atoms with E-state index in [2.05, 4.69) is 16.1 Å². The number of aryl methyl sites for hydroxylation is 1. The quantitative estimate of drug-likeness (QED) is 0.886. The Hall–Kier alpha value is -1.36. The van der Waals surface area contributed by atoms with Crippen molar-refractivity contribution >= 4 is 5.91 Å². The summed E-state index contributed by atoms with van der Waals surface area (Å²) in [6, 6.07) is 2.38. The lowest BCUT2D eigenvalue weighted by Gasteiger charge is -2.33. The van der Waals surface area contributed by atoms with Gasteiger partial charge in [0.1, 0.15) is 0 Å². The summed E-state index contributed by atoms with van der Waals surface area (Å²) >= 11 is 0. The van der Waals surface area contributed by atoms with Crippen molar-refractivity contribution in [1.82, 2.24) is 14.7 Å². The summed E-state index contributed by atoms with van der Waals surface area (Å²) in [5, 5.41) is 4.51. The molecule has 1 amide bonds. The Morgan fingerprint density at radius 3 is 2.57 bits per heavy atom. The van der Waals surface area contributed by atoms with Crippen molar-refractivity contribution in [2.45, 2.75) is 37.6 Å². The number of likely N-dealkylation sites (tertiary alicyclic amines) is 1. The van der Waals surface area contributed by atoms with Crippen LogP contribution in [0.4, 0.5) is 0 Å². The molecular weight excluding hydrogens is 264 g/mol. The van der Waals surface area contributed by atoms with Crippen LogP contribution in [0.1, 0.15) is 37.3 Å². The lowest BCUT2D eigenvalue weighted by molar-refractivity contribution is -0.137. The first-order chi connectivity index (χ1) is 10.1. The van der Waals surface area contributed by atoms with Gasteiger partial charge < -0.3 is 10.6 Å². The van der Waals surface area contributed by atoms with Gasteiger partial charge in [-0.05, 0) is 43.6 Å². The minimum atomic E-state index is 0.219. The number of nitrogens with zero attached hydrogens (tertiary/aromatic N) is 3. The van der Waals surface area contributed by atoms with E-state index in [1.165, 1.54) is 12.1 Å². The average molecular weight is 288 g/mol. The van der Waals surface area contributed by atoms with E-state index < -0.39 is 0 Å². The van der Waals surface area contributed by atoms with Crippen LogP contribution in [0.3, 0.4) is 0 Å². The highest BCUT2D eigenvalue weighted by atomic mass is 16.2. The predicted molar refractivity (Wildman–Crippen MR) is 79.4 cm³/mol. The lowest BCUT2D eigenvalue weighted by Crippen LogP contribution is -2.42. The number of amides is 1. The molecule has 0 bridgehead atoms. The summed E-state index contributed by atoms with van der Waals surface area (Å²) in [6.45, 7) is 1.76. The van der Waals surface area contributed by atoms with E-state index in [-0.39, 0.29) is 12.0 Å². The van der Waals surface area contributed by atoms with E-state index in [1.807, 2.05) is 17.9 Å². The lowest BCUT2D eigenvalue weighted by atomic mass is 9.92.